The maximum Gasteiger partial charge on any atom is 0.217 e. The second-order valence-electron chi connectivity index (χ2n) is 4.90. The molecule has 5 nitrogen and oxygen atoms in total. The first-order valence-corrected chi connectivity index (χ1v) is 6.85. The minimum atomic E-state index is -0.261. The molecule has 0 saturated heterocycles. The van der Waals surface area contributed by atoms with Crippen molar-refractivity contribution in [2.24, 2.45) is 5.73 Å². The van der Waals surface area contributed by atoms with Crippen LogP contribution in [0, 0.1) is 0 Å². The normalized spacial score (nSPS) is 10.6. The van der Waals surface area contributed by atoms with Gasteiger partial charge in [-0.3, -0.25) is 4.79 Å². The van der Waals surface area contributed by atoms with Crippen LogP contribution in [0.1, 0.15) is 32.3 Å². The summed E-state index contributed by atoms with van der Waals surface area (Å²) < 4.78 is 11.0. The van der Waals surface area contributed by atoms with E-state index in [1.807, 2.05) is 32.0 Å². The third-order valence-corrected chi connectivity index (χ3v) is 2.70. The van der Waals surface area contributed by atoms with Crippen LogP contribution in [0.3, 0.4) is 0 Å². The Morgan fingerprint density at radius 3 is 2.70 bits per heavy atom. The number of nitrogens with two attached hydrogens (primary N) is 1. The van der Waals surface area contributed by atoms with Crippen molar-refractivity contribution in [2.75, 3.05) is 13.7 Å². The highest BCUT2D eigenvalue weighted by Gasteiger charge is 2.07. The number of nitrogens with one attached hydrogen (secondary N) is 1. The Kier molecular flexibility index (Phi) is 6.87. The van der Waals surface area contributed by atoms with Gasteiger partial charge in [-0.15, -0.1) is 0 Å². The standard InChI is InChI=1S/C15H24N2O3/c1-11(2)20-13-7-6-12(9-14(13)19-3)10-17-8-4-5-15(16)18/h6-7,9,11,17H,4-5,8,10H2,1-3H3,(H2,16,18). The molecule has 112 valence electrons. The van der Waals surface area contributed by atoms with E-state index in [4.69, 9.17) is 15.2 Å². The number of benzene rings is 1. The molecule has 0 fully saturated rings. The average Bonchev–Trinajstić information content (AvgIpc) is 2.38. The summed E-state index contributed by atoms with van der Waals surface area (Å²) in [7, 11) is 1.63. The van der Waals surface area contributed by atoms with Crippen LogP contribution in [0.4, 0.5) is 0 Å². The van der Waals surface area contributed by atoms with Gasteiger partial charge in [0.25, 0.3) is 0 Å². The molecule has 1 aromatic carbocycles. The minimum absolute atomic E-state index is 0.113. The number of methoxy groups -OCH3 is 1. The van der Waals surface area contributed by atoms with E-state index in [-0.39, 0.29) is 12.0 Å². The Bertz CT molecular complexity index is 433. The van der Waals surface area contributed by atoms with Gasteiger partial charge in [-0.05, 0) is 44.5 Å². The first-order valence-electron chi connectivity index (χ1n) is 6.85. The predicted octanol–water partition coefficient (Wildman–Crippen LogP) is 1.84. The second-order valence-corrected chi connectivity index (χ2v) is 4.90. The number of hydrogen-bond donors (Lipinski definition) is 2. The van der Waals surface area contributed by atoms with Gasteiger partial charge in [0.1, 0.15) is 0 Å². The van der Waals surface area contributed by atoms with Crippen LogP contribution >= 0.6 is 0 Å². The van der Waals surface area contributed by atoms with Gasteiger partial charge in [-0.1, -0.05) is 6.07 Å². The lowest BCUT2D eigenvalue weighted by atomic mass is 10.2. The lowest BCUT2D eigenvalue weighted by Gasteiger charge is -2.14. The van der Waals surface area contributed by atoms with Gasteiger partial charge >= 0.3 is 0 Å². The van der Waals surface area contributed by atoms with E-state index in [0.29, 0.717) is 6.42 Å². The van der Waals surface area contributed by atoms with Gasteiger partial charge in [0.2, 0.25) is 5.91 Å². The molecule has 0 unspecified atom stereocenters. The van der Waals surface area contributed by atoms with Gasteiger partial charge in [-0.2, -0.15) is 0 Å². The Labute approximate surface area is 120 Å². The zero-order valence-corrected chi connectivity index (χ0v) is 12.4. The Balaban J connectivity index is 2.48. The summed E-state index contributed by atoms with van der Waals surface area (Å²) in [6.45, 7) is 5.44. The highest BCUT2D eigenvalue weighted by atomic mass is 16.5. The second kappa shape index (κ2) is 8.43. The van der Waals surface area contributed by atoms with Crippen molar-refractivity contribution in [3.63, 3.8) is 0 Å². The number of ether oxygens (including phenoxy) is 2. The molecule has 0 aliphatic carbocycles. The molecule has 20 heavy (non-hydrogen) atoms. The molecule has 0 spiro atoms. The highest BCUT2D eigenvalue weighted by molar-refractivity contribution is 5.73. The summed E-state index contributed by atoms with van der Waals surface area (Å²) >= 11 is 0. The fourth-order valence-corrected chi connectivity index (χ4v) is 1.79. The van der Waals surface area contributed by atoms with Crippen LogP contribution in [-0.4, -0.2) is 25.7 Å². The van der Waals surface area contributed by atoms with Crippen LogP contribution in [0.15, 0.2) is 18.2 Å². The van der Waals surface area contributed by atoms with Gasteiger partial charge in [0.15, 0.2) is 11.5 Å². The number of amides is 1. The van der Waals surface area contributed by atoms with E-state index >= 15 is 0 Å². The van der Waals surface area contributed by atoms with E-state index in [9.17, 15) is 4.79 Å². The fourth-order valence-electron chi connectivity index (χ4n) is 1.79. The predicted molar refractivity (Wildman–Crippen MR) is 78.9 cm³/mol. The summed E-state index contributed by atoms with van der Waals surface area (Å²) in [5.41, 5.74) is 6.19. The van der Waals surface area contributed by atoms with Gasteiger partial charge < -0.3 is 20.5 Å². The summed E-state index contributed by atoms with van der Waals surface area (Å²) in [5, 5.41) is 3.26. The van der Waals surface area contributed by atoms with E-state index < -0.39 is 0 Å². The summed E-state index contributed by atoms with van der Waals surface area (Å²) in [5.74, 6) is 1.22. The molecule has 1 rings (SSSR count). The Hall–Kier alpha value is -1.75. The SMILES string of the molecule is COc1cc(CNCCCC(N)=O)ccc1OC(C)C. The minimum Gasteiger partial charge on any atom is -0.493 e. The first-order chi connectivity index (χ1) is 9.52. The lowest BCUT2D eigenvalue weighted by molar-refractivity contribution is -0.118. The molecule has 0 saturated carbocycles. The number of carbonyl (C=O) groups excluding carboxylic acids is 1. The smallest absolute Gasteiger partial charge is 0.217 e. The number of hydrogen-bond acceptors (Lipinski definition) is 4. The van der Waals surface area contributed by atoms with E-state index in [0.717, 1.165) is 36.6 Å². The van der Waals surface area contributed by atoms with Crippen molar-refractivity contribution in [2.45, 2.75) is 39.3 Å². The molecule has 1 aromatic rings. The Morgan fingerprint density at radius 2 is 2.10 bits per heavy atom. The van der Waals surface area contributed by atoms with Crippen molar-refractivity contribution < 1.29 is 14.3 Å². The summed E-state index contributed by atoms with van der Waals surface area (Å²) in [6, 6.07) is 5.87. The van der Waals surface area contributed by atoms with Crippen LogP contribution < -0.4 is 20.5 Å². The third kappa shape index (κ3) is 5.93. The molecule has 0 aliphatic heterocycles. The zero-order chi connectivity index (χ0) is 15.0. The molecule has 0 aromatic heterocycles. The topological polar surface area (TPSA) is 73.6 Å². The van der Waals surface area contributed by atoms with Crippen molar-refractivity contribution >= 4 is 5.91 Å². The van der Waals surface area contributed by atoms with E-state index in [1.54, 1.807) is 7.11 Å². The monoisotopic (exact) mass is 280 g/mol. The molecule has 0 heterocycles. The van der Waals surface area contributed by atoms with Crippen molar-refractivity contribution in [1.29, 1.82) is 0 Å². The maximum atomic E-state index is 10.6. The Morgan fingerprint density at radius 1 is 1.35 bits per heavy atom. The molecule has 1 amide bonds. The lowest BCUT2D eigenvalue weighted by Crippen LogP contribution is -2.18. The molecular formula is C15H24N2O3. The van der Waals surface area contributed by atoms with Crippen molar-refractivity contribution in [1.82, 2.24) is 5.32 Å². The first kappa shape index (κ1) is 16.3. The molecular weight excluding hydrogens is 256 g/mol. The quantitative estimate of drug-likeness (QED) is 0.677. The number of rotatable bonds is 9. The highest BCUT2D eigenvalue weighted by Crippen LogP contribution is 2.28. The average molecular weight is 280 g/mol. The van der Waals surface area contributed by atoms with E-state index in [2.05, 4.69) is 5.32 Å². The van der Waals surface area contributed by atoms with Crippen LogP contribution in [-0.2, 0) is 11.3 Å². The largest absolute Gasteiger partial charge is 0.493 e. The third-order valence-electron chi connectivity index (χ3n) is 2.70. The molecule has 3 N–H and O–H groups in total. The summed E-state index contributed by atoms with van der Waals surface area (Å²) in [6.07, 6.45) is 1.28. The number of carbonyl (C=O) groups is 1. The number of primary amides is 1. The maximum absolute atomic E-state index is 10.6. The zero-order valence-electron chi connectivity index (χ0n) is 12.4. The molecule has 0 radical (unpaired) electrons. The van der Waals surface area contributed by atoms with Crippen molar-refractivity contribution in [3.8, 4) is 11.5 Å². The summed E-state index contributed by atoms with van der Waals surface area (Å²) in [4.78, 5) is 10.6. The van der Waals surface area contributed by atoms with Gasteiger partial charge in [0, 0.05) is 13.0 Å². The molecule has 5 heteroatoms. The molecule has 0 bridgehead atoms. The van der Waals surface area contributed by atoms with Crippen LogP contribution in [0.2, 0.25) is 0 Å². The molecule has 0 atom stereocenters. The van der Waals surface area contributed by atoms with Gasteiger partial charge in [0.05, 0.1) is 13.2 Å². The molecule has 0 aliphatic rings. The van der Waals surface area contributed by atoms with Gasteiger partial charge in [-0.25, -0.2) is 0 Å². The van der Waals surface area contributed by atoms with Crippen molar-refractivity contribution in [3.05, 3.63) is 23.8 Å². The van der Waals surface area contributed by atoms with Crippen LogP contribution in [0.5, 0.6) is 11.5 Å². The van der Waals surface area contributed by atoms with Crippen LogP contribution in [0.25, 0.3) is 0 Å². The van der Waals surface area contributed by atoms with E-state index in [1.165, 1.54) is 0 Å². The fraction of sp³-hybridized carbons (Fsp3) is 0.533.